The van der Waals surface area contributed by atoms with Gasteiger partial charge in [-0.25, -0.2) is 13.1 Å². The Kier molecular flexibility index (Phi) is 8.30. The largest absolute Gasteiger partial charge is 0.496 e. The van der Waals surface area contributed by atoms with Crippen molar-refractivity contribution in [2.24, 2.45) is 11.8 Å². The molecule has 2 N–H and O–H groups in total. The van der Waals surface area contributed by atoms with E-state index in [2.05, 4.69) is 10.6 Å². The number of aryl methyl sites for hydroxylation is 1. The van der Waals surface area contributed by atoms with E-state index in [1.807, 2.05) is 51.1 Å². The van der Waals surface area contributed by atoms with Gasteiger partial charge in [-0.2, -0.15) is 0 Å². The van der Waals surface area contributed by atoms with Crippen molar-refractivity contribution in [3.05, 3.63) is 58.7 Å². The highest BCUT2D eigenvalue weighted by atomic mass is 32.2. The Morgan fingerprint density at radius 1 is 1.13 bits per heavy atom. The topological polar surface area (TPSA) is 75.6 Å². The lowest BCUT2D eigenvalue weighted by Gasteiger charge is -2.30. The minimum absolute atomic E-state index is 0.115. The summed E-state index contributed by atoms with van der Waals surface area (Å²) < 4.78 is 35.3. The third-order valence-corrected chi connectivity index (χ3v) is 7.53. The molecule has 0 aromatic heterocycles. The number of benzene rings is 2. The van der Waals surface area contributed by atoms with Crippen LogP contribution in [0.4, 0.5) is 0 Å². The van der Waals surface area contributed by atoms with Crippen LogP contribution in [0.3, 0.4) is 0 Å². The fourth-order valence-electron chi connectivity index (χ4n) is 3.88. The summed E-state index contributed by atoms with van der Waals surface area (Å²) in [5.41, 5.74) is 2.92. The lowest BCUT2D eigenvalue weighted by atomic mass is 9.85. The second-order valence-electron chi connectivity index (χ2n) is 8.32. The van der Waals surface area contributed by atoms with Gasteiger partial charge in [0, 0.05) is 6.04 Å². The van der Waals surface area contributed by atoms with E-state index in [1.165, 1.54) is 0 Å². The van der Waals surface area contributed by atoms with Crippen LogP contribution in [-0.4, -0.2) is 32.8 Å². The van der Waals surface area contributed by atoms with Crippen molar-refractivity contribution in [3.63, 3.8) is 0 Å². The van der Waals surface area contributed by atoms with Gasteiger partial charge in [0.2, 0.25) is 10.0 Å². The molecule has 5 nitrogen and oxygen atoms in total. The van der Waals surface area contributed by atoms with Crippen molar-refractivity contribution in [3.8, 4) is 18.1 Å². The van der Waals surface area contributed by atoms with E-state index in [-0.39, 0.29) is 10.8 Å². The first-order valence-corrected chi connectivity index (χ1v) is 11.9. The molecule has 0 bridgehead atoms. The number of rotatable bonds is 9. The lowest BCUT2D eigenvalue weighted by molar-refractivity contribution is 0.0748. The zero-order valence-electron chi connectivity index (χ0n) is 19.1. The van der Waals surface area contributed by atoms with Crippen molar-refractivity contribution in [2.45, 2.75) is 58.1 Å². The molecule has 2 rings (SSSR count). The molecule has 6 heteroatoms. The number of aliphatic hydroxyl groups excluding tert-OH is 1. The van der Waals surface area contributed by atoms with Crippen LogP contribution in [0.25, 0.3) is 0 Å². The second kappa shape index (κ2) is 10.3. The van der Waals surface area contributed by atoms with E-state index in [9.17, 15) is 13.5 Å². The SMILES string of the molecule is C#C[C@@H]([C@H](Cc1ccccc1)NS(=O)(=O)c1c(C)cc(OC)c(C)c1C)[C@@H](O)C(C)C. The van der Waals surface area contributed by atoms with Gasteiger partial charge in [0.05, 0.1) is 24.0 Å². The van der Waals surface area contributed by atoms with Gasteiger partial charge >= 0.3 is 0 Å². The predicted molar refractivity (Wildman–Crippen MR) is 125 cm³/mol. The third-order valence-electron chi connectivity index (χ3n) is 5.75. The number of hydrogen-bond donors (Lipinski definition) is 2. The Hall–Kier alpha value is -2.33. The Morgan fingerprint density at radius 2 is 1.74 bits per heavy atom. The van der Waals surface area contributed by atoms with Gasteiger partial charge in [0.15, 0.2) is 0 Å². The zero-order valence-corrected chi connectivity index (χ0v) is 20.0. The van der Waals surface area contributed by atoms with Gasteiger partial charge in [-0.3, -0.25) is 0 Å². The summed E-state index contributed by atoms with van der Waals surface area (Å²) in [7, 11) is -2.35. The van der Waals surface area contributed by atoms with Crippen molar-refractivity contribution in [2.75, 3.05) is 7.11 Å². The first kappa shape index (κ1) is 24.9. The molecule has 3 atom stereocenters. The first-order valence-electron chi connectivity index (χ1n) is 10.4. The normalized spacial score (nSPS) is 14.7. The minimum atomic E-state index is -3.91. The van der Waals surface area contributed by atoms with Gasteiger partial charge < -0.3 is 9.84 Å². The van der Waals surface area contributed by atoms with Crippen LogP contribution in [-0.2, 0) is 16.4 Å². The molecule has 0 aliphatic rings. The molecular formula is C25H33NO4S. The molecule has 0 spiro atoms. The summed E-state index contributed by atoms with van der Waals surface area (Å²) >= 11 is 0. The molecule has 0 amide bonds. The maximum atomic E-state index is 13.5. The van der Waals surface area contributed by atoms with E-state index in [0.29, 0.717) is 23.3 Å². The molecule has 0 radical (unpaired) electrons. The summed E-state index contributed by atoms with van der Waals surface area (Å²) in [6.07, 6.45) is 5.30. The monoisotopic (exact) mass is 443 g/mol. The van der Waals surface area contributed by atoms with Crippen molar-refractivity contribution >= 4 is 10.0 Å². The smallest absolute Gasteiger partial charge is 0.241 e. The number of nitrogens with one attached hydrogen (secondary N) is 1. The molecule has 0 unspecified atom stereocenters. The Labute approximate surface area is 186 Å². The number of aliphatic hydroxyl groups is 1. The molecule has 2 aromatic carbocycles. The van der Waals surface area contributed by atoms with E-state index < -0.39 is 28.1 Å². The van der Waals surface area contributed by atoms with Crippen LogP contribution in [0.1, 0.15) is 36.1 Å². The van der Waals surface area contributed by atoms with E-state index in [4.69, 9.17) is 11.2 Å². The number of terminal acetylenes is 1. The van der Waals surface area contributed by atoms with Gasteiger partial charge in [-0.15, -0.1) is 6.42 Å². The minimum Gasteiger partial charge on any atom is -0.496 e. The van der Waals surface area contributed by atoms with E-state index in [1.54, 1.807) is 27.0 Å². The van der Waals surface area contributed by atoms with Crippen molar-refractivity contribution in [1.82, 2.24) is 4.72 Å². The Bertz CT molecular complexity index is 1040. The molecule has 0 heterocycles. The quantitative estimate of drug-likeness (QED) is 0.579. The second-order valence-corrected chi connectivity index (χ2v) is 9.97. The summed E-state index contributed by atoms with van der Waals surface area (Å²) in [6, 6.07) is 10.6. The highest BCUT2D eigenvalue weighted by Gasteiger charge is 2.34. The van der Waals surface area contributed by atoms with Crippen LogP contribution in [0.15, 0.2) is 41.3 Å². The lowest BCUT2D eigenvalue weighted by Crippen LogP contribution is -2.47. The van der Waals surface area contributed by atoms with Crippen LogP contribution in [0.2, 0.25) is 0 Å². The van der Waals surface area contributed by atoms with E-state index in [0.717, 1.165) is 11.1 Å². The first-order chi connectivity index (χ1) is 14.5. The number of methoxy groups -OCH3 is 1. The molecule has 0 fully saturated rings. The molecule has 0 saturated heterocycles. The maximum absolute atomic E-state index is 13.5. The molecule has 2 aromatic rings. The van der Waals surface area contributed by atoms with Crippen LogP contribution >= 0.6 is 0 Å². The van der Waals surface area contributed by atoms with Gasteiger partial charge in [-0.1, -0.05) is 50.1 Å². The fourth-order valence-corrected chi connectivity index (χ4v) is 5.67. The summed E-state index contributed by atoms with van der Waals surface area (Å²) in [5, 5.41) is 10.7. The third kappa shape index (κ3) is 5.68. The van der Waals surface area contributed by atoms with Crippen LogP contribution in [0, 0.1) is 45.0 Å². The summed E-state index contributed by atoms with van der Waals surface area (Å²) in [4.78, 5) is 0.221. The van der Waals surface area contributed by atoms with Gasteiger partial charge in [-0.05, 0) is 61.4 Å². The highest BCUT2D eigenvalue weighted by molar-refractivity contribution is 7.89. The van der Waals surface area contributed by atoms with Crippen LogP contribution < -0.4 is 9.46 Å². The standard InChI is InChI=1S/C25H33NO4S/c1-8-21(24(27)16(2)3)22(15-20-12-10-9-11-13-20)26-31(28,29)25-17(4)14-23(30-7)18(5)19(25)6/h1,9-14,16,21-22,24,26-27H,15H2,2-7H3/t21-,22-,24-/m0/s1. The van der Waals surface area contributed by atoms with Gasteiger partial charge in [0.25, 0.3) is 0 Å². The maximum Gasteiger partial charge on any atom is 0.241 e. The van der Waals surface area contributed by atoms with Gasteiger partial charge in [0.1, 0.15) is 5.75 Å². The Balaban J connectivity index is 2.53. The number of ether oxygens (including phenoxy) is 1. The van der Waals surface area contributed by atoms with Crippen molar-refractivity contribution in [1.29, 1.82) is 0 Å². The predicted octanol–water partition coefficient (Wildman–Crippen LogP) is 3.78. The fraction of sp³-hybridized carbons (Fsp3) is 0.440. The molecule has 168 valence electrons. The van der Waals surface area contributed by atoms with Crippen LogP contribution in [0.5, 0.6) is 5.75 Å². The van der Waals surface area contributed by atoms with Crippen molar-refractivity contribution < 1.29 is 18.3 Å². The summed E-state index contributed by atoms with van der Waals surface area (Å²) in [5.74, 6) is 2.48. The summed E-state index contributed by atoms with van der Waals surface area (Å²) in [6.45, 7) is 9.08. The Morgan fingerprint density at radius 3 is 2.26 bits per heavy atom. The molecular weight excluding hydrogens is 410 g/mol. The zero-order chi connectivity index (χ0) is 23.3. The molecule has 0 aliphatic carbocycles. The highest BCUT2D eigenvalue weighted by Crippen LogP contribution is 2.31. The average molecular weight is 444 g/mol. The van der Waals surface area contributed by atoms with E-state index >= 15 is 0 Å². The number of hydrogen-bond acceptors (Lipinski definition) is 4. The average Bonchev–Trinajstić information content (AvgIpc) is 2.71. The molecule has 0 aliphatic heterocycles. The number of sulfonamides is 1. The molecule has 31 heavy (non-hydrogen) atoms. The molecule has 0 saturated carbocycles.